The summed E-state index contributed by atoms with van der Waals surface area (Å²) >= 11 is 0. The quantitative estimate of drug-likeness (QED) is 0.500. The molecule has 0 aliphatic carbocycles. The summed E-state index contributed by atoms with van der Waals surface area (Å²) in [5.74, 6) is -1.02. The van der Waals surface area contributed by atoms with E-state index in [1.165, 1.54) is 25.3 Å². The minimum Gasteiger partial charge on any atom is -0.394 e. The summed E-state index contributed by atoms with van der Waals surface area (Å²) in [6.45, 7) is 1.54. The van der Waals surface area contributed by atoms with Crippen LogP contribution in [0.3, 0.4) is 0 Å². The average Bonchev–Trinajstić information content (AvgIpc) is 3.05. The summed E-state index contributed by atoms with van der Waals surface area (Å²) in [4.78, 5) is 18.8. The number of halogens is 2. The number of H-pyrrole nitrogens is 2. The zero-order valence-corrected chi connectivity index (χ0v) is 12.4. The number of aromatic amines is 2. The molecule has 3 heterocycles. The third-order valence-corrected chi connectivity index (χ3v) is 4.10. The van der Waals surface area contributed by atoms with E-state index in [4.69, 9.17) is 5.73 Å². The van der Waals surface area contributed by atoms with Crippen LogP contribution in [0.4, 0.5) is 14.5 Å². The van der Waals surface area contributed by atoms with E-state index in [9.17, 15) is 13.6 Å². The van der Waals surface area contributed by atoms with E-state index in [1.807, 2.05) is 0 Å². The van der Waals surface area contributed by atoms with Crippen molar-refractivity contribution in [1.82, 2.24) is 20.2 Å². The summed E-state index contributed by atoms with van der Waals surface area (Å²) in [6, 6.07) is 2.75. The molecule has 0 amide bonds. The molecule has 24 heavy (non-hydrogen) atoms. The summed E-state index contributed by atoms with van der Waals surface area (Å²) in [5, 5.41) is 6.86. The highest BCUT2D eigenvalue weighted by molar-refractivity contribution is 6.06. The Morgan fingerprint density at radius 1 is 1.12 bits per heavy atom. The lowest BCUT2D eigenvalue weighted by Crippen LogP contribution is -2.15. The molecule has 6 nitrogen and oxygen atoms in total. The third-order valence-electron chi connectivity index (χ3n) is 4.10. The molecule has 0 aliphatic rings. The number of anilines is 1. The van der Waals surface area contributed by atoms with E-state index in [0.717, 1.165) is 6.20 Å². The topological polar surface area (TPSA) is 100 Å². The Hall–Kier alpha value is -3.29. The van der Waals surface area contributed by atoms with Gasteiger partial charge < -0.3 is 10.7 Å². The minimum atomic E-state index is -0.561. The number of nitrogens with zero attached hydrogens (tertiary/aromatic N) is 2. The van der Waals surface area contributed by atoms with E-state index >= 15 is 0 Å². The molecule has 0 saturated carbocycles. The zero-order valence-electron chi connectivity index (χ0n) is 12.4. The monoisotopic (exact) mass is 327 g/mol. The summed E-state index contributed by atoms with van der Waals surface area (Å²) < 4.78 is 27.7. The van der Waals surface area contributed by atoms with Gasteiger partial charge in [-0.15, -0.1) is 0 Å². The maximum atomic E-state index is 13.9. The highest BCUT2D eigenvalue weighted by atomic mass is 19.1. The van der Waals surface area contributed by atoms with Crippen molar-refractivity contribution in [2.45, 2.75) is 6.92 Å². The first kappa shape index (κ1) is 14.3. The van der Waals surface area contributed by atoms with Gasteiger partial charge in [-0.05, 0) is 18.6 Å². The highest BCUT2D eigenvalue weighted by Crippen LogP contribution is 2.36. The van der Waals surface area contributed by atoms with Crippen molar-refractivity contribution in [2.24, 2.45) is 0 Å². The van der Waals surface area contributed by atoms with E-state index in [-0.39, 0.29) is 22.3 Å². The number of pyridine rings is 2. The molecule has 0 radical (unpaired) electrons. The Balaban J connectivity index is 2.22. The molecule has 0 atom stereocenters. The van der Waals surface area contributed by atoms with Crippen LogP contribution in [0.5, 0.6) is 0 Å². The van der Waals surface area contributed by atoms with E-state index in [1.54, 1.807) is 0 Å². The SMILES string of the molecule is Cc1c(F)cnc2c(-c3ccc(F)c4[nH]ncc34)c(N)c(=O)[nH]c12. The van der Waals surface area contributed by atoms with Crippen molar-refractivity contribution in [1.29, 1.82) is 0 Å². The van der Waals surface area contributed by atoms with Crippen molar-refractivity contribution in [3.05, 3.63) is 52.1 Å². The smallest absolute Gasteiger partial charge is 0.272 e. The van der Waals surface area contributed by atoms with Gasteiger partial charge in [0.2, 0.25) is 0 Å². The molecule has 4 aromatic rings. The van der Waals surface area contributed by atoms with Crippen LogP contribution in [0.15, 0.2) is 29.3 Å². The van der Waals surface area contributed by atoms with Crippen LogP contribution in [-0.4, -0.2) is 20.2 Å². The molecule has 0 bridgehead atoms. The zero-order chi connectivity index (χ0) is 17.0. The molecule has 8 heteroatoms. The van der Waals surface area contributed by atoms with Crippen molar-refractivity contribution in [3.63, 3.8) is 0 Å². The fraction of sp³-hybridized carbons (Fsp3) is 0.0625. The number of fused-ring (bicyclic) bond motifs is 2. The Morgan fingerprint density at radius 2 is 1.92 bits per heavy atom. The number of aryl methyl sites for hydroxylation is 1. The minimum absolute atomic E-state index is 0.0740. The number of aromatic nitrogens is 4. The van der Waals surface area contributed by atoms with Gasteiger partial charge in [-0.1, -0.05) is 6.07 Å². The predicted octanol–water partition coefficient (Wildman–Crippen LogP) is 2.64. The molecule has 1 aromatic carbocycles. The first-order valence-corrected chi connectivity index (χ1v) is 7.07. The van der Waals surface area contributed by atoms with Gasteiger partial charge in [0.15, 0.2) is 0 Å². The molecule has 0 spiro atoms. The van der Waals surface area contributed by atoms with Crippen LogP contribution in [0.2, 0.25) is 0 Å². The van der Waals surface area contributed by atoms with Crippen LogP contribution in [0, 0.1) is 18.6 Å². The van der Waals surface area contributed by atoms with Gasteiger partial charge in [0.25, 0.3) is 5.56 Å². The molecule has 0 fully saturated rings. The van der Waals surface area contributed by atoms with Gasteiger partial charge in [-0.3, -0.25) is 14.9 Å². The number of rotatable bonds is 1. The van der Waals surface area contributed by atoms with E-state index in [2.05, 4.69) is 20.2 Å². The van der Waals surface area contributed by atoms with Crippen LogP contribution in [-0.2, 0) is 0 Å². The second-order valence-electron chi connectivity index (χ2n) is 5.45. The molecule has 4 rings (SSSR count). The van der Waals surface area contributed by atoms with Crippen LogP contribution in [0.25, 0.3) is 33.1 Å². The van der Waals surface area contributed by atoms with Crippen LogP contribution >= 0.6 is 0 Å². The maximum absolute atomic E-state index is 13.9. The molecule has 0 aliphatic heterocycles. The van der Waals surface area contributed by atoms with E-state index in [0.29, 0.717) is 22.0 Å². The van der Waals surface area contributed by atoms with Crippen molar-refractivity contribution >= 4 is 27.6 Å². The van der Waals surface area contributed by atoms with E-state index < -0.39 is 17.2 Å². The van der Waals surface area contributed by atoms with Crippen molar-refractivity contribution in [3.8, 4) is 11.1 Å². The highest BCUT2D eigenvalue weighted by Gasteiger charge is 2.19. The fourth-order valence-electron chi connectivity index (χ4n) is 2.84. The number of nitrogens with one attached hydrogen (secondary N) is 2. The second kappa shape index (κ2) is 4.85. The largest absolute Gasteiger partial charge is 0.394 e. The molecular weight excluding hydrogens is 316 g/mol. The third kappa shape index (κ3) is 1.82. The molecule has 0 unspecified atom stereocenters. The van der Waals surface area contributed by atoms with Gasteiger partial charge in [-0.2, -0.15) is 5.10 Å². The number of benzene rings is 1. The van der Waals surface area contributed by atoms with Crippen LogP contribution in [0.1, 0.15) is 5.56 Å². The van der Waals surface area contributed by atoms with Gasteiger partial charge >= 0.3 is 0 Å². The van der Waals surface area contributed by atoms with Gasteiger partial charge in [-0.25, -0.2) is 8.78 Å². The maximum Gasteiger partial charge on any atom is 0.272 e. The lowest BCUT2D eigenvalue weighted by molar-refractivity contribution is 0.615. The predicted molar refractivity (Wildman–Crippen MR) is 86.5 cm³/mol. The first-order valence-electron chi connectivity index (χ1n) is 7.07. The summed E-state index contributed by atoms with van der Waals surface area (Å²) in [5.41, 5.74) is 7.18. The average molecular weight is 327 g/mol. The Morgan fingerprint density at radius 3 is 2.71 bits per heavy atom. The van der Waals surface area contributed by atoms with Gasteiger partial charge in [0, 0.05) is 16.5 Å². The molecule has 0 saturated heterocycles. The molecule has 4 N–H and O–H groups in total. The first-order chi connectivity index (χ1) is 11.5. The van der Waals surface area contributed by atoms with Crippen LogP contribution < -0.4 is 11.3 Å². The summed E-state index contributed by atoms with van der Waals surface area (Å²) in [7, 11) is 0. The van der Waals surface area contributed by atoms with Crippen molar-refractivity contribution in [2.75, 3.05) is 5.73 Å². The molecule has 3 aromatic heterocycles. The molecular formula is C16H11F2N5O. The van der Waals surface area contributed by atoms with Gasteiger partial charge in [0.05, 0.1) is 23.4 Å². The summed E-state index contributed by atoms with van der Waals surface area (Å²) in [6.07, 6.45) is 2.51. The second-order valence-corrected chi connectivity index (χ2v) is 5.45. The van der Waals surface area contributed by atoms with Gasteiger partial charge in [0.1, 0.15) is 22.8 Å². The Bertz CT molecular complexity index is 1180. The standard InChI is InChI=1S/C16H11F2N5O/c1-6-10(18)5-20-15-11(12(19)16(24)22-13(6)15)7-2-3-9(17)14-8(7)4-21-23-14/h2-5H,19H2,1H3,(H,21,23)(H,22,24). The lowest BCUT2D eigenvalue weighted by Gasteiger charge is -2.12. The number of hydrogen-bond acceptors (Lipinski definition) is 4. The number of nitrogens with two attached hydrogens (primary N) is 1. The Labute approximate surface area is 133 Å². The normalized spacial score (nSPS) is 11.5. The fourth-order valence-corrected chi connectivity index (χ4v) is 2.84. The number of hydrogen-bond donors (Lipinski definition) is 3. The number of nitrogen functional groups attached to an aromatic ring is 1. The lowest BCUT2D eigenvalue weighted by atomic mass is 9.98. The molecule has 120 valence electrons. The van der Waals surface area contributed by atoms with Crippen molar-refractivity contribution < 1.29 is 8.78 Å². The Kier molecular flexibility index (Phi) is 2.89.